The van der Waals surface area contributed by atoms with Crippen LogP contribution in [0.3, 0.4) is 0 Å². The van der Waals surface area contributed by atoms with E-state index in [0.29, 0.717) is 12.0 Å². The van der Waals surface area contributed by atoms with Crippen molar-refractivity contribution in [2.45, 2.75) is 38.9 Å². The average molecular weight is 307 g/mol. The van der Waals surface area contributed by atoms with E-state index < -0.39 is 0 Å². The van der Waals surface area contributed by atoms with Crippen molar-refractivity contribution in [3.05, 3.63) is 71.8 Å². The van der Waals surface area contributed by atoms with Crippen molar-refractivity contribution in [1.29, 1.82) is 0 Å². The van der Waals surface area contributed by atoms with Crippen molar-refractivity contribution in [1.82, 2.24) is 4.90 Å². The van der Waals surface area contributed by atoms with Crippen LogP contribution in [0.2, 0.25) is 0 Å². The Morgan fingerprint density at radius 1 is 0.913 bits per heavy atom. The minimum Gasteiger partial charge on any atom is -0.303 e. The number of nitrogens with zero attached hydrogens (tertiary/aromatic N) is 1. The van der Waals surface area contributed by atoms with Crippen molar-refractivity contribution in [3.8, 4) is 0 Å². The predicted molar refractivity (Wildman–Crippen MR) is 93.9 cm³/mol. The fraction of sp³-hybridized carbons (Fsp3) is 0.381. The molecule has 2 aromatic carbocycles. The average Bonchev–Trinajstić information content (AvgIpc) is 2.97. The van der Waals surface area contributed by atoms with Crippen LogP contribution in [0.15, 0.2) is 60.7 Å². The van der Waals surface area contributed by atoms with E-state index in [0.717, 1.165) is 32.2 Å². The zero-order valence-corrected chi connectivity index (χ0v) is 13.8. The van der Waals surface area contributed by atoms with E-state index in [4.69, 9.17) is 0 Å². The SMILES string of the molecule is CC1CC(N(Cc2ccccc2)Cc2ccccc2)CC1C=O. The summed E-state index contributed by atoms with van der Waals surface area (Å²) in [7, 11) is 0. The van der Waals surface area contributed by atoms with Crippen molar-refractivity contribution in [2.24, 2.45) is 11.8 Å². The lowest BCUT2D eigenvalue weighted by atomic mass is 10.0. The lowest BCUT2D eigenvalue weighted by molar-refractivity contribution is -0.111. The van der Waals surface area contributed by atoms with Gasteiger partial charge in [-0.1, -0.05) is 67.6 Å². The van der Waals surface area contributed by atoms with E-state index in [9.17, 15) is 4.79 Å². The molecule has 0 N–H and O–H groups in total. The lowest BCUT2D eigenvalue weighted by Crippen LogP contribution is -2.32. The summed E-state index contributed by atoms with van der Waals surface area (Å²) in [5.41, 5.74) is 2.68. The number of hydrogen-bond acceptors (Lipinski definition) is 2. The second-order valence-electron chi connectivity index (χ2n) is 6.78. The number of carbonyl (C=O) groups excluding carboxylic acids is 1. The van der Waals surface area contributed by atoms with Crippen molar-refractivity contribution in [2.75, 3.05) is 0 Å². The third-order valence-electron chi connectivity index (χ3n) is 5.07. The first kappa shape index (κ1) is 15.9. The van der Waals surface area contributed by atoms with E-state index in [1.807, 2.05) is 0 Å². The molecule has 3 rings (SSSR count). The number of hydrogen-bond donors (Lipinski definition) is 0. The molecule has 1 aliphatic rings. The van der Waals surface area contributed by atoms with Crippen LogP contribution in [0, 0.1) is 11.8 Å². The van der Waals surface area contributed by atoms with Gasteiger partial charge in [-0.05, 0) is 29.9 Å². The molecule has 0 spiro atoms. The van der Waals surface area contributed by atoms with Gasteiger partial charge in [0.05, 0.1) is 0 Å². The molecule has 1 fully saturated rings. The third kappa shape index (κ3) is 4.08. The summed E-state index contributed by atoms with van der Waals surface area (Å²) in [6, 6.07) is 21.8. The summed E-state index contributed by atoms with van der Waals surface area (Å²) in [6.07, 6.45) is 3.27. The molecule has 0 aliphatic heterocycles. The first-order chi connectivity index (χ1) is 11.3. The summed E-state index contributed by atoms with van der Waals surface area (Å²) in [5.74, 6) is 0.709. The highest BCUT2D eigenvalue weighted by Crippen LogP contribution is 2.34. The van der Waals surface area contributed by atoms with Gasteiger partial charge < -0.3 is 4.79 Å². The molecule has 1 saturated carbocycles. The zero-order valence-electron chi connectivity index (χ0n) is 13.8. The Hall–Kier alpha value is -1.93. The maximum absolute atomic E-state index is 11.3. The maximum Gasteiger partial charge on any atom is 0.123 e. The highest BCUT2D eigenvalue weighted by atomic mass is 16.1. The van der Waals surface area contributed by atoms with Crippen LogP contribution < -0.4 is 0 Å². The molecule has 0 aromatic heterocycles. The summed E-state index contributed by atoms with van der Waals surface area (Å²) in [4.78, 5) is 13.8. The third-order valence-corrected chi connectivity index (χ3v) is 5.07. The van der Waals surface area contributed by atoms with Gasteiger partial charge in [0.1, 0.15) is 6.29 Å². The molecule has 0 heterocycles. The molecule has 3 atom stereocenters. The zero-order chi connectivity index (χ0) is 16.1. The van der Waals surface area contributed by atoms with E-state index in [1.54, 1.807) is 0 Å². The molecule has 2 heteroatoms. The molecule has 23 heavy (non-hydrogen) atoms. The first-order valence-electron chi connectivity index (χ1n) is 8.53. The molecule has 0 bridgehead atoms. The molecule has 120 valence electrons. The van der Waals surface area contributed by atoms with E-state index in [1.165, 1.54) is 11.1 Å². The van der Waals surface area contributed by atoms with Crippen LogP contribution in [0.1, 0.15) is 30.9 Å². The van der Waals surface area contributed by atoms with E-state index >= 15 is 0 Å². The normalized spacial score (nSPS) is 24.0. The van der Waals surface area contributed by atoms with Gasteiger partial charge in [0, 0.05) is 25.0 Å². The van der Waals surface area contributed by atoms with Crippen LogP contribution in [-0.2, 0) is 17.9 Å². The van der Waals surface area contributed by atoms with Crippen LogP contribution >= 0.6 is 0 Å². The Bertz CT molecular complexity index is 569. The molecule has 3 unspecified atom stereocenters. The van der Waals surface area contributed by atoms with Crippen molar-refractivity contribution in [3.63, 3.8) is 0 Å². The molecule has 0 saturated heterocycles. The summed E-state index contributed by atoms with van der Waals surface area (Å²) >= 11 is 0. The standard InChI is InChI=1S/C21H25NO/c1-17-12-21(13-20(17)16-23)22(14-18-8-4-2-5-9-18)15-19-10-6-3-7-11-19/h2-11,16-17,20-21H,12-15H2,1H3. The topological polar surface area (TPSA) is 20.3 Å². The Kier molecular flexibility index (Phi) is 5.24. The van der Waals surface area contributed by atoms with Gasteiger partial charge in [0.15, 0.2) is 0 Å². The van der Waals surface area contributed by atoms with Gasteiger partial charge in [-0.25, -0.2) is 0 Å². The number of carbonyl (C=O) groups is 1. The van der Waals surface area contributed by atoms with Crippen LogP contribution in [-0.4, -0.2) is 17.2 Å². The molecule has 2 aromatic rings. The van der Waals surface area contributed by atoms with Gasteiger partial charge in [0.2, 0.25) is 0 Å². The Morgan fingerprint density at radius 3 is 1.87 bits per heavy atom. The molecular weight excluding hydrogens is 282 g/mol. The lowest BCUT2D eigenvalue weighted by Gasteiger charge is -2.29. The smallest absolute Gasteiger partial charge is 0.123 e. The Morgan fingerprint density at radius 2 is 1.43 bits per heavy atom. The van der Waals surface area contributed by atoms with Gasteiger partial charge in [-0.3, -0.25) is 4.90 Å². The fourth-order valence-electron chi connectivity index (χ4n) is 3.68. The van der Waals surface area contributed by atoms with E-state index in [-0.39, 0.29) is 5.92 Å². The van der Waals surface area contributed by atoms with Crippen LogP contribution in [0.4, 0.5) is 0 Å². The quantitative estimate of drug-likeness (QED) is 0.742. The minimum atomic E-state index is 0.217. The second-order valence-corrected chi connectivity index (χ2v) is 6.78. The molecular formula is C21H25NO. The number of aldehydes is 1. The minimum absolute atomic E-state index is 0.217. The highest BCUT2D eigenvalue weighted by Gasteiger charge is 2.34. The number of rotatable bonds is 6. The van der Waals surface area contributed by atoms with Gasteiger partial charge in [-0.15, -0.1) is 0 Å². The summed E-state index contributed by atoms with van der Waals surface area (Å²) in [5, 5.41) is 0. The van der Waals surface area contributed by atoms with E-state index in [2.05, 4.69) is 72.5 Å². The Balaban J connectivity index is 1.77. The maximum atomic E-state index is 11.3. The molecule has 0 amide bonds. The Labute approximate surface area is 139 Å². The van der Waals surface area contributed by atoms with Gasteiger partial charge in [0.25, 0.3) is 0 Å². The van der Waals surface area contributed by atoms with Crippen molar-refractivity contribution < 1.29 is 4.79 Å². The van der Waals surface area contributed by atoms with Gasteiger partial charge >= 0.3 is 0 Å². The molecule has 2 nitrogen and oxygen atoms in total. The van der Waals surface area contributed by atoms with Crippen LogP contribution in [0.25, 0.3) is 0 Å². The summed E-state index contributed by atoms with van der Waals surface area (Å²) < 4.78 is 0. The second kappa shape index (κ2) is 7.56. The number of benzene rings is 2. The largest absolute Gasteiger partial charge is 0.303 e. The van der Waals surface area contributed by atoms with Crippen LogP contribution in [0.5, 0.6) is 0 Å². The fourth-order valence-corrected chi connectivity index (χ4v) is 3.68. The highest BCUT2D eigenvalue weighted by molar-refractivity contribution is 5.54. The predicted octanol–water partition coefficient (Wildman–Crippen LogP) is 4.30. The molecule has 1 aliphatic carbocycles. The monoisotopic (exact) mass is 307 g/mol. The first-order valence-corrected chi connectivity index (χ1v) is 8.53. The molecule has 0 radical (unpaired) electrons. The van der Waals surface area contributed by atoms with Crippen molar-refractivity contribution >= 4 is 6.29 Å². The van der Waals surface area contributed by atoms with Gasteiger partial charge in [-0.2, -0.15) is 0 Å². The summed E-state index contributed by atoms with van der Waals surface area (Å²) in [6.45, 7) is 4.10.